The van der Waals surface area contributed by atoms with Crippen LogP contribution in [0.25, 0.3) is 0 Å². The predicted octanol–water partition coefficient (Wildman–Crippen LogP) is 3.74. The van der Waals surface area contributed by atoms with E-state index < -0.39 is 4.92 Å². The van der Waals surface area contributed by atoms with Crippen molar-refractivity contribution in [3.05, 3.63) is 28.3 Å². The zero-order valence-corrected chi connectivity index (χ0v) is 16.6. The summed E-state index contributed by atoms with van der Waals surface area (Å²) >= 11 is 0. The number of methoxy groups -OCH3 is 1. The van der Waals surface area contributed by atoms with Crippen molar-refractivity contribution in [1.82, 2.24) is 5.32 Å². The molecule has 4 bridgehead atoms. The monoisotopic (exact) mass is 387 g/mol. The summed E-state index contributed by atoms with van der Waals surface area (Å²) in [6.07, 6.45) is 8.14. The molecule has 5 rings (SSSR count). The minimum absolute atomic E-state index is 0.0668. The lowest BCUT2D eigenvalue weighted by Crippen LogP contribution is -2.52. The Bertz CT molecular complexity index is 744. The number of carbonyl (C=O) groups is 1. The van der Waals surface area contributed by atoms with Crippen LogP contribution in [0.4, 0.5) is 11.4 Å². The number of nitro groups is 1. The maximum absolute atomic E-state index is 12.7. The van der Waals surface area contributed by atoms with Gasteiger partial charge in [-0.15, -0.1) is 0 Å². The van der Waals surface area contributed by atoms with Gasteiger partial charge in [-0.25, -0.2) is 0 Å². The smallest absolute Gasteiger partial charge is 0.273 e. The highest BCUT2D eigenvalue weighted by atomic mass is 16.6. The fourth-order valence-electron chi connectivity index (χ4n) is 6.11. The molecule has 4 aliphatic carbocycles. The molecule has 1 atom stereocenters. The quantitative estimate of drug-likeness (QED) is 0.549. The third-order valence-electron chi connectivity index (χ3n) is 7.00. The molecule has 0 aliphatic heterocycles. The second kappa shape index (κ2) is 7.35. The molecule has 4 aliphatic rings. The van der Waals surface area contributed by atoms with Gasteiger partial charge in [-0.3, -0.25) is 14.9 Å². The number of nitro benzene ring substituents is 1. The van der Waals surface area contributed by atoms with Crippen LogP contribution in [-0.4, -0.2) is 30.5 Å². The molecule has 28 heavy (non-hydrogen) atoms. The Balaban J connectivity index is 1.36. The molecule has 0 unspecified atom stereocenters. The average Bonchev–Trinajstić information content (AvgIpc) is 2.65. The fourth-order valence-corrected chi connectivity index (χ4v) is 6.11. The van der Waals surface area contributed by atoms with E-state index in [2.05, 4.69) is 10.6 Å². The largest absolute Gasteiger partial charge is 0.494 e. The number of carbonyl (C=O) groups excluding carboxylic acids is 1. The molecule has 7 nitrogen and oxygen atoms in total. The van der Waals surface area contributed by atoms with Gasteiger partial charge in [-0.2, -0.15) is 0 Å². The molecule has 0 heterocycles. The summed E-state index contributed by atoms with van der Waals surface area (Å²) in [6.45, 7) is 2.76. The summed E-state index contributed by atoms with van der Waals surface area (Å²) in [6, 6.07) is 3.86. The zero-order valence-electron chi connectivity index (χ0n) is 16.6. The van der Waals surface area contributed by atoms with Crippen molar-refractivity contribution in [1.29, 1.82) is 0 Å². The lowest BCUT2D eigenvalue weighted by Gasteiger charge is -2.57. The summed E-state index contributed by atoms with van der Waals surface area (Å²) in [7, 11) is 1.43. The van der Waals surface area contributed by atoms with Crippen molar-refractivity contribution in [2.45, 2.75) is 51.5 Å². The van der Waals surface area contributed by atoms with Crippen LogP contribution < -0.4 is 15.4 Å². The topological polar surface area (TPSA) is 93.5 Å². The van der Waals surface area contributed by atoms with Gasteiger partial charge in [0.1, 0.15) is 5.75 Å². The summed E-state index contributed by atoms with van der Waals surface area (Å²) in [4.78, 5) is 23.1. The van der Waals surface area contributed by atoms with E-state index in [9.17, 15) is 14.9 Å². The van der Waals surface area contributed by atoms with Crippen molar-refractivity contribution in [2.75, 3.05) is 19.0 Å². The summed E-state index contributed by atoms with van der Waals surface area (Å²) in [5.41, 5.74) is 0.748. The lowest BCUT2D eigenvalue weighted by atomic mass is 9.49. The number of nitrogens with zero attached hydrogens (tertiary/aromatic N) is 1. The number of nitrogens with one attached hydrogen (secondary N) is 2. The number of hydrogen-bond donors (Lipinski definition) is 2. The van der Waals surface area contributed by atoms with E-state index in [1.807, 2.05) is 6.92 Å². The number of hydrogen-bond acceptors (Lipinski definition) is 5. The predicted molar refractivity (Wildman–Crippen MR) is 106 cm³/mol. The summed E-state index contributed by atoms with van der Waals surface area (Å²) < 4.78 is 5.20. The van der Waals surface area contributed by atoms with Gasteiger partial charge in [0.25, 0.3) is 5.69 Å². The van der Waals surface area contributed by atoms with Crippen LogP contribution >= 0.6 is 0 Å². The molecule has 2 N–H and O–H groups in total. The average molecular weight is 387 g/mol. The third kappa shape index (κ3) is 3.72. The Hall–Kier alpha value is -2.15. The Labute approximate surface area is 165 Å². The Kier molecular flexibility index (Phi) is 5.04. The second-order valence-electron chi connectivity index (χ2n) is 9.15. The van der Waals surface area contributed by atoms with Crippen LogP contribution in [0.1, 0.15) is 45.4 Å². The van der Waals surface area contributed by atoms with Crippen LogP contribution in [0.2, 0.25) is 0 Å². The normalized spacial score (nSPS) is 31.4. The van der Waals surface area contributed by atoms with E-state index in [-0.39, 0.29) is 23.4 Å². The third-order valence-corrected chi connectivity index (χ3v) is 7.00. The van der Waals surface area contributed by atoms with Gasteiger partial charge < -0.3 is 15.4 Å². The number of anilines is 1. The van der Waals surface area contributed by atoms with E-state index in [0.29, 0.717) is 11.1 Å². The van der Waals surface area contributed by atoms with Crippen molar-refractivity contribution in [3.63, 3.8) is 0 Å². The molecule has 4 fully saturated rings. The first-order valence-electron chi connectivity index (χ1n) is 10.2. The van der Waals surface area contributed by atoms with E-state index in [1.165, 1.54) is 63.8 Å². The first kappa shape index (κ1) is 19.2. The maximum atomic E-state index is 12.7. The van der Waals surface area contributed by atoms with Gasteiger partial charge in [0, 0.05) is 12.6 Å². The van der Waals surface area contributed by atoms with E-state index >= 15 is 0 Å². The van der Waals surface area contributed by atoms with Gasteiger partial charge in [-0.1, -0.05) is 0 Å². The SMILES string of the molecule is COc1cc([N+](=O)[O-])ccc1NC(=O)[C@H](C)NCC12CC3CC(CC(C3)C1)C2. The summed E-state index contributed by atoms with van der Waals surface area (Å²) in [5, 5.41) is 17.2. The van der Waals surface area contributed by atoms with Crippen LogP contribution in [0, 0.1) is 33.3 Å². The number of rotatable bonds is 7. The molecular formula is C21H29N3O4. The minimum Gasteiger partial charge on any atom is -0.494 e. The Morgan fingerprint density at radius 3 is 2.39 bits per heavy atom. The van der Waals surface area contributed by atoms with Crippen LogP contribution in [0.15, 0.2) is 18.2 Å². The molecular weight excluding hydrogens is 358 g/mol. The molecule has 0 aromatic heterocycles. The molecule has 0 radical (unpaired) electrons. The molecule has 7 heteroatoms. The lowest BCUT2D eigenvalue weighted by molar-refractivity contribution is -0.384. The maximum Gasteiger partial charge on any atom is 0.273 e. The second-order valence-corrected chi connectivity index (χ2v) is 9.15. The standard InChI is InChI=1S/C21H29N3O4/c1-13(20(25)23-18-4-3-17(24(26)27)8-19(18)28-2)22-12-21-9-14-5-15(10-21)7-16(6-14)11-21/h3-4,8,13-16,22H,5-7,9-12H2,1-2H3,(H,23,25)/t13-,14?,15?,16?,21?/m0/s1. The zero-order chi connectivity index (χ0) is 19.9. The Morgan fingerprint density at radius 1 is 1.25 bits per heavy atom. The molecule has 1 aromatic carbocycles. The van der Waals surface area contributed by atoms with E-state index in [4.69, 9.17) is 4.74 Å². The van der Waals surface area contributed by atoms with Gasteiger partial charge in [0.05, 0.1) is 29.8 Å². The molecule has 152 valence electrons. The van der Waals surface area contributed by atoms with Crippen molar-refractivity contribution >= 4 is 17.3 Å². The first-order valence-corrected chi connectivity index (χ1v) is 10.2. The number of amides is 1. The molecule has 0 spiro atoms. The summed E-state index contributed by atoms with van der Waals surface area (Å²) in [5.74, 6) is 2.80. The number of ether oxygens (including phenoxy) is 1. The molecule has 4 saturated carbocycles. The molecule has 1 aromatic rings. The fraction of sp³-hybridized carbons (Fsp3) is 0.667. The van der Waals surface area contributed by atoms with Crippen molar-refractivity contribution in [3.8, 4) is 5.75 Å². The highest BCUT2D eigenvalue weighted by Crippen LogP contribution is 2.59. The van der Waals surface area contributed by atoms with Crippen LogP contribution in [0.3, 0.4) is 0 Å². The van der Waals surface area contributed by atoms with Crippen LogP contribution in [0.5, 0.6) is 5.75 Å². The Morgan fingerprint density at radius 2 is 1.86 bits per heavy atom. The van der Waals surface area contributed by atoms with Crippen molar-refractivity contribution in [2.24, 2.45) is 23.2 Å². The first-order chi connectivity index (χ1) is 13.4. The highest BCUT2D eigenvalue weighted by Gasteiger charge is 2.50. The highest BCUT2D eigenvalue weighted by molar-refractivity contribution is 5.96. The molecule has 0 saturated heterocycles. The number of non-ortho nitro benzene ring substituents is 1. The van der Waals surface area contributed by atoms with Crippen LogP contribution in [-0.2, 0) is 4.79 Å². The minimum atomic E-state index is -0.482. The van der Waals surface area contributed by atoms with E-state index in [1.54, 1.807) is 0 Å². The van der Waals surface area contributed by atoms with Gasteiger partial charge in [-0.05, 0) is 74.7 Å². The van der Waals surface area contributed by atoms with Gasteiger partial charge in [0.15, 0.2) is 0 Å². The van der Waals surface area contributed by atoms with Gasteiger partial charge >= 0.3 is 0 Å². The molecule has 1 amide bonds. The number of benzene rings is 1. The van der Waals surface area contributed by atoms with Gasteiger partial charge in [0.2, 0.25) is 5.91 Å². The van der Waals surface area contributed by atoms with Crippen molar-refractivity contribution < 1.29 is 14.5 Å². The van der Waals surface area contributed by atoms with E-state index in [0.717, 1.165) is 24.3 Å².